The normalized spacial score (nSPS) is 19.3. The zero-order valence-corrected chi connectivity index (χ0v) is 30.7. The highest BCUT2D eigenvalue weighted by Gasteiger charge is 2.71. The molecule has 16 heteroatoms. The summed E-state index contributed by atoms with van der Waals surface area (Å²) >= 11 is 0. The Kier molecular flexibility index (Phi) is 14.5. The van der Waals surface area contributed by atoms with Gasteiger partial charge in [0, 0.05) is 0 Å². The first-order chi connectivity index (χ1) is 21.4. The molecule has 0 radical (unpaired) electrons. The van der Waals surface area contributed by atoms with Gasteiger partial charge >= 0.3 is 29.9 Å². The SMILES string of the molecule is CC[C@H](C)[C@H](N)C(=O)C(F)(F)C(=O)[C@@](C)([C@H](C)OC(=O)[C@@](C)(NC(=O)OC(C)(C)C)C(C)C)[C@](N)(OC(=O)[C@@](C)(N)C(C)C)C(=O)OC. The first kappa shape index (κ1) is 44.8. The molecular formula is C32H56F2N4O10. The minimum Gasteiger partial charge on any atom is -0.465 e. The average molecular weight is 695 g/mol. The van der Waals surface area contributed by atoms with E-state index in [1.807, 2.05) is 0 Å². The first-order valence-electron chi connectivity index (χ1n) is 15.7. The van der Waals surface area contributed by atoms with Gasteiger partial charge in [0.1, 0.15) is 28.2 Å². The summed E-state index contributed by atoms with van der Waals surface area (Å²) in [5.74, 6) is -16.0. The molecule has 0 unspecified atom stereocenters. The molecule has 1 amide bonds. The van der Waals surface area contributed by atoms with Crippen molar-refractivity contribution in [3.8, 4) is 0 Å². The van der Waals surface area contributed by atoms with Gasteiger partial charge < -0.3 is 35.7 Å². The van der Waals surface area contributed by atoms with Gasteiger partial charge in [-0.1, -0.05) is 48.0 Å². The Bertz CT molecular complexity index is 1240. The molecule has 0 rings (SSSR count). The minimum atomic E-state index is -4.97. The number of alkyl halides is 2. The number of amides is 1. The topological polar surface area (TPSA) is 229 Å². The Hall–Kier alpha value is -3.24. The van der Waals surface area contributed by atoms with Gasteiger partial charge in [0.25, 0.3) is 5.72 Å². The number of ketones is 2. The van der Waals surface area contributed by atoms with E-state index in [1.165, 1.54) is 48.5 Å². The molecule has 0 spiro atoms. The third kappa shape index (κ3) is 9.05. The van der Waals surface area contributed by atoms with Gasteiger partial charge in [-0.05, 0) is 66.2 Å². The standard InChI is InChI=1S/C32H56F2N4O10/c1-15-18(6)20(35)21(39)31(33,34)22(40)28(11,32(37,25(43)45-14)47-23(41)29(12,36)16(2)3)19(7)46-24(42)30(13,17(4)5)38-26(44)48-27(8,9)10/h16-20H,15,35-37H2,1-14H3,(H,38,44)/t18-,19-,20-,28+,29-,30-,32+/m0/s1. The molecule has 48 heavy (non-hydrogen) atoms. The molecule has 7 N–H and O–H groups in total. The van der Waals surface area contributed by atoms with E-state index in [-0.39, 0.29) is 6.42 Å². The highest BCUT2D eigenvalue weighted by atomic mass is 19.3. The van der Waals surface area contributed by atoms with Crippen LogP contribution >= 0.6 is 0 Å². The van der Waals surface area contributed by atoms with E-state index in [9.17, 15) is 28.8 Å². The molecule has 0 aliphatic carbocycles. The molecule has 14 nitrogen and oxygen atoms in total. The van der Waals surface area contributed by atoms with Crippen LogP contribution in [-0.2, 0) is 42.9 Å². The van der Waals surface area contributed by atoms with Crippen molar-refractivity contribution in [3.63, 3.8) is 0 Å². The number of halogens is 2. The van der Waals surface area contributed by atoms with Crippen LogP contribution in [0.1, 0.15) is 96.4 Å². The van der Waals surface area contributed by atoms with Crippen LogP contribution in [0.2, 0.25) is 0 Å². The summed E-state index contributed by atoms with van der Waals surface area (Å²) in [6, 6.07) is -1.85. The minimum absolute atomic E-state index is 0.186. The van der Waals surface area contributed by atoms with Crippen LogP contribution < -0.4 is 22.5 Å². The van der Waals surface area contributed by atoms with E-state index in [0.29, 0.717) is 6.92 Å². The average Bonchev–Trinajstić information content (AvgIpc) is 2.96. The van der Waals surface area contributed by atoms with Crippen molar-refractivity contribution in [1.82, 2.24) is 5.32 Å². The lowest BCUT2D eigenvalue weighted by atomic mass is 9.68. The summed E-state index contributed by atoms with van der Waals surface area (Å²) in [4.78, 5) is 80.4. The smallest absolute Gasteiger partial charge is 0.408 e. The zero-order chi connectivity index (χ0) is 38.6. The van der Waals surface area contributed by atoms with Gasteiger partial charge in [0.2, 0.25) is 11.6 Å². The lowest BCUT2D eigenvalue weighted by molar-refractivity contribution is -0.221. The Morgan fingerprint density at radius 1 is 0.771 bits per heavy atom. The van der Waals surface area contributed by atoms with E-state index in [1.54, 1.807) is 27.7 Å². The van der Waals surface area contributed by atoms with Crippen molar-refractivity contribution in [1.29, 1.82) is 0 Å². The van der Waals surface area contributed by atoms with Crippen molar-refractivity contribution in [2.45, 2.75) is 137 Å². The fourth-order valence-electron chi connectivity index (χ4n) is 4.17. The molecule has 0 bridgehead atoms. The second kappa shape index (κ2) is 15.5. The summed E-state index contributed by atoms with van der Waals surface area (Å²) < 4.78 is 53.0. The maximum atomic E-state index is 16.1. The summed E-state index contributed by atoms with van der Waals surface area (Å²) in [6.45, 7) is 17.8. The number of Topliss-reactive ketones (excluding diaryl/α,β-unsaturated/α-hetero) is 2. The van der Waals surface area contributed by atoms with Gasteiger partial charge in [-0.15, -0.1) is 0 Å². The van der Waals surface area contributed by atoms with E-state index >= 15 is 8.78 Å². The summed E-state index contributed by atoms with van der Waals surface area (Å²) in [5.41, 5.74) is 6.69. The van der Waals surface area contributed by atoms with E-state index < -0.39 is 99.2 Å². The molecule has 0 fully saturated rings. The Balaban J connectivity index is 7.58. The van der Waals surface area contributed by atoms with Crippen LogP contribution in [0.25, 0.3) is 0 Å². The monoisotopic (exact) mass is 694 g/mol. The first-order valence-corrected chi connectivity index (χ1v) is 15.7. The zero-order valence-electron chi connectivity index (χ0n) is 30.7. The van der Waals surface area contributed by atoms with E-state index in [0.717, 1.165) is 14.0 Å². The van der Waals surface area contributed by atoms with Crippen LogP contribution in [0, 0.1) is 23.2 Å². The molecule has 0 aromatic carbocycles. The Morgan fingerprint density at radius 2 is 1.25 bits per heavy atom. The van der Waals surface area contributed by atoms with Crippen molar-refractivity contribution in [2.24, 2.45) is 40.4 Å². The van der Waals surface area contributed by atoms with Gasteiger partial charge in [-0.3, -0.25) is 15.3 Å². The van der Waals surface area contributed by atoms with Crippen LogP contribution in [0.4, 0.5) is 13.6 Å². The van der Waals surface area contributed by atoms with E-state index in [2.05, 4.69) is 5.32 Å². The molecule has 0 heterocycles. The number of carbonyl (C=O) groups excluding carboxylic acids is 6. The number of carbonyl (C=O) groups is 6. The van der Waals surface area contributed by atoms with Crippen LogP contribution in [0.15, 0.2) is 0 Å². The number of nitrogens with two attached hydrogens (primary N) is 3. The van der Waals surface area contributed by atoms with Gasteiger partial charge in [0.05, 0.1) is 13.2 Å². The quantitative estimate of drug-likeness (QED) is 0.0789. The van der Waals surface area contributed by atoms with Gasteiger partial charge in [0.15, 0.2) is 0 Å². The van der Waals surface area contributed by atoms with Gasteiger partial charge in [-0.25, -0.2) is 19.2 Å². The molecule has 0 aliphatic heterocycles. The number of hydrogen-bond acceptors (Lipinski definition) is 13. The Morgan fingerprint density at radius 3 is 1.62 bits per heavy atom. The van der Waals surface area contributed by atoms with E-state index in [4.69, 9.17) is 36.1 Å². The lowest BCUT2D eigenvalue weighted by Gasteiger charge is -2.47. The molecule has 0 aromatic rings. The van der Waals surface area contributed by atoms with Crippen molar-refractivity contribution < 1.29 is 56.5 Å². The van der Waals surface area contributed by atoms with Crippen LogP contribution in [-0.4, -0.2) is 83.1 Å². The van der Waals surface area contributed by atoms with Crippen LogP contribution in [0.3, 0.4) is 0 Å². The van der Waals surface area contributed by atoms with Crippen molar-refractivity contribution in [3.05, 3.63) is 0 Å². The highest BCUT2D eigenvalue weighted by Crippen LogP contribution is 2.44. The Labute approximate surface area is 281 Å². The van der Waals surface area contributed by atoms with Gasteiger partial charge in [-0.2, -0.15) is 8.78 Å². The number of esters is 3. The second-order valence-corrected chi connectivity index (χ2v) is 14.5. The maximum Gasteiger partial charge on any atom is 0.408 e. The fourth-order valence-corrected chi connectivity index (χ4v) is 4.17. The van der Waals surface area contributed by atoms with Crippen molar-refractivity contribution in [2.75, 3.05) is 7.11 Å². The number of hydrogen-bond donors (Lipinski definition) is 4. The van der Waals surface area contributed by atoms with Crippen molar-refractivity contribution >= 4 is 35.6 Å². The summed E-state index contributed by atoms with van der Waals surface area (Å²) in [6.07, 6.45) is -3.04. The summed E-state index contributed by atoms with van der Waals surface area (Å²) in [5, 5.41) is 2.39. The third-order valence-electron chi connectivity index (χ3n) is 9.22. The largest absolute Gasteiger partial charge is 0.465 e. The number of nitrogens with one attached hydrogen (secondary N) is 1. The number of ether oxygens (including phenoxy) is 4. The lowest BCUT2D eigenvalue weighted by Crippen LogP contribution is -2.74. The highest BCUT2D eigenvalue weighted by molar-refractivity contribution is 6.14. The molecule has 0 aliphatic rings. The molecule has 7 atom stereocenters. The molecule has 0 saturated heterocycles. The third-order valence-corrected chi connectivity index (χ3v) is 9.22. The molecule has 0 aromatic heterocycles. The molecule has 0 saturated carbocycles. The predicted octanol–water partition coefficient (Wildman–Crippen LogP) is 2.76. The maximum absolute atomic E-state index is 16.1. The number of rotatable bonds is 16. The molecular weight excluding hydrogens is 638 g/mol. The second-order valence-electron chi connectivity index (χ2n) is 14.5. The van der Waals surface area contributed by atoms with Crippen LogP contribution in [0.5, 0.6) is 0 Å². The number of alkyl carbamates (subject to hydrolysis) is 1. The predicted molar refractivity (Wildman–Crippen MR) is 171 cm³/mol. The summed E-state index contributed by atoms with van der Waals surface area (Å²) in [7, 11) is 0.770. The fraction of sp³-hybridized carbons (Fsp3) is 0.812. The number of methoxy groups -OCH3 is 1. The molecule has 278 valence electrons.